The second-order valence-corrected chi connectivity index (χ2v) is 7.97. The Morgan fingerprint density at radius 1 is 0.567 bits per heavy atom. The summed E-state index contributed by atoms with van der Waals surface area (Å²) in [5.74, 6) is 0.225. The van der Waals surface area contributed by atoms with Gasteiger partial charge in [0.05, 0.1) is 0 Å². The van der Waals surface area contributed by atoms with E-state index in [1.165, 1.54) is 0 Å². The van der Waals surface area contributed by atoms with E-state index in [1.807, 2.05) is 48.5 Å². The Morgan fingerprint density at radius 3 is 1.23 bits per heavy atom. The van der Waals surface area contributed by atoms with Gasteiger partial charge in [0, 0.05) is 22.5 Å². The van der Waals surface area contributed by atoms with Crippen LogP contribution in [-0.2, 0) is 0 Å². The molecule has 2 N–H and O–H groups in total. The first kappa shape index (κ1) is 21.3. The molecule has 0 atom stereocenters. The van der Waals surface area contributed by atoms with Gasteiger partial charge in [-0.2, -0.15) is 0 Å². The molecular formula is C26H28N2O2. The lowest BCUT2D eigenvalue weighted by molar-refractivity contribution is 0.101. The van der Waals surface area contributed by atoms with Crippen LogP contribution in [0.5, 0.6) is 0 Å². The van der Waals surface area contributed by atoms with Crippen molar-refractivity contribution in [2.75, 3.05) is 10.6 Å². The van der Waals surface area contributed by atoms with Gasteiger partial charge in [0.15, 0.2) is 0 Å². The third kappa shape index (κ3) is 4.95. The number of hydrogen-bond donors (Lipinski definition) is 2. The maximum Gasteiger partial charge on any atom is 0.255 e. The van der Waals surface area contributed by atoms with Crippen LogP contribution in [0.1, 0.15) is 71.4 Å². The zero-order chi connectivity index (χ0) is 21.7. The summed E-state index contributed by atoms with van der Waals surface area (Å²) < 4.78 is 0. The zero-order valence-corrected chi connectivity index (χ0v) is 17.9. The molecular weight excluding hydrogens is 372 g/mol. The van der Waals surface area contributed by atoms with E-state index < -0.39 is 0 Å². The number of amides is 2. The van der Waals surface area contributed by atoms with Gasteiger partial charge in [0.25, 0.3) is 11.8 Å². The fraction of sp³-hybridized carbons (Fsp3) is 0.231. The zero-order valence-electron chi connectivity index (χ0n) is 17.9. The van der Waals surface area contributed by atoms with Crippen LogP contribution in [0, 0.1) is 0 Å². The van der Waals surface area contributed by atoms with Crippen molar-refractivity contribution >= 4 is 23.2 Å². The lowest BCUT2D eigenvalue weighted by Gasteiger charge is -2.14. The summed E-state index contributed by atoms with van der Waals surface area (Å²) >= 11 is 0. The number of anilines is 2. The van der Waals surface area contributed by atoms with Crippen molar-refractivity contribution < 1.29 is 9.59 Å². The largest absolute Gasteiger partial charge is 0.322 e. The maximum absolute atomic E-state index is 12.7. The summed E-state index contributed by atoms with van der Waals surface area (Å²) in [7, 11) is 0. The Balaban J connectivity index is 1.72. The minimum absolute atomic E-state index is 0.194. The monoisotopic (exact) mass is 400 g/mol. The summed E-state index contributed by atoms with van der Waals surface area (Å²) in [6.07, 6.45) is 0. The third-order valence-electron chi connectivity index (χ3n) is 5.07. The molecule has 0 spiro atoms. The maximum atomic E-state index is 12.7. The van der Waals surface area contributed by atoms with Gasteiger partial charge < -0.3 is 10.6 Å². The molecule has 3 aromatic carbocycles. The second-order valence-electron chi connectivity index (χ2n) is 7.97. The first-order chi connectivity index (χ1) is 14.4. The van der Waals surface area contributed by atoms with E-state index in [2.05, 4.69) is 38.3 Å². The van der Waals surface area contributed by atoms with E-state index in [1.54, 1.807) is 24.3 Å². The second kappa shape index (κ2) is 9.40. The van der Waals surface area contributed by atoms with Gasteiger partial charge in [-0.25, -0.2) is 0 Å². The van der Waals surface area contributed by atoms with Crippen LogP contribution >= 0.6 is 0 Å². The van der Waals surface area contributed by atoms with Crippen LogP contribution < -0.4 is 10.6 Å². The average Bonchev–Trinajstić information content (AvgIpc) is 2.74. The third-order valence-corrected chi connectivity index (χ3v) is 5.07. The molecule has 0 bridgehead atoms. The van der Waals surface area contributed by atoms with Gasteiger partial charge in [-0.1, -0.05) is 64.1 Å². The van der Waals surface area contributed by atoms with Crippen LogP contribution in [0.15, 0.2) is 72.8 Å². The predicted molar refractivity (Wildman–Crippen MR) is 123 cm³/mol. The molecule has 0 aliphatic carbocycles. The molecule has 30 heavy (non-hydrogen) atoms. The minimum Gasteiger partial charge on any atom is -0.322 e. The van der Waals surface area contributed by atoms with E-state index >= 15 is 0 Å². The Kier molecular flexibility index (Phi) is 6.68. The molecule has 3 aromatic rings. The number of rotatable bonds is 6. The molecule has 2 amide bonds. The van der Waals surface area contributed by atoms with Crippen molar-refractivity contribution in [3.63, 3.8) is 0 Å². The Bertz CT molecular complexity index is 952. The predicted octanol–water partition coefficient (Wildman–Crippen LogP) is 6.44. The molecule has 3 rings (SSSR count). The van der Waals surface area contributed by atoms with Gasteiger partial charge in [-0.3, -0.25) is 9.59 Å². The van der Waals surface area contributed by atoms with E-state index in [4.69, 9.17) is 0 Å². The van der Waals surface area contributed by atoms with Crippen LogP contribution in [0.2, 0.25) is 0 Å². The average molecular weight is 401 g/mol. The number of carbonyl (C=O) groups excluding carboxylic acids is 2. The Morgan fingerprint density at radius 2 is 0.900 bits per heavy atom. The van der Waals surface area contributed by atoms with Crippen LogP contribution in [0.4, 0.5) is 11.4 Å². The van der Waals surface area contributed by atoms with E-state index in [-0.39, 0.29) is 11.8 Å². The molecule has 0 heterocycles. The Hall–Kier alpha value is -3.40. The van der Waals surface area contributed by atoms with Gasteiger partial charge in [0.1, 0.15) is 0 Å². The summed E-state index contributed by atoms with van der Waals surface area (Å²) in [5.41, 5.74) is 4.81. The van der Waals surface area contributed by atoms with E-state index in [0.717, 1.165) is 22.5 Å². The van der Waals surface area contributed by atoms with Gasteiger partial charge in [0.2, 0.25) is 0 Å². The summed E-state index contributed by atoms with van der Waals surface area (Å²) in [4.78, 5) is 25.3. The van der Waals surface area contributed by atoms with Crippen LogP contribution in [0.3, 0.4) is 0 Å². The van der Waals surface area contributed by atoms with E-state index in [0.29, 0.717) is 23.0 Å². The highest BCUT2D eigenvalue weighted by Crippen LogP contribution is 2.25. The Labute approximate surface area is 178 Å². The molecule has 0 saturated carbocycles. The molecule has 0 unspecified atom stereocenters. The van der Waals surface area contributed by atoms with Crippen molar-refractivity contribution in [2.24, 2.45) is 0 Å². The van der Waals surface area contributed by atoms with Crippen molar-refractivity contribution in [1.29, 1.82) is 0 Å². The van der Waals surface area contributed by atoms with Gasteiger partial charge in [-0.05, 0) is 59.4 Å². The van der Waals surface area contributed by atoms with Crippen LogP contribution in [-0.4, -0.2) is 11.8 Å². The highest BCUT2D eigenvalue weighted by molar-refractivity contribution is 6.07. The number of hydrogen-bond acceptors (Lipinski definition) is 2. The number of nitrogens with one attached hydrogen (secondary N) is 2. The molecule has 0 aliphatic rings. The first-order valence-electron chi connectivity index (χ1n) is 10.3. The molecule has 0 aliphatic heterocycles. The van der Waals surface area contributed by atoms with E-state index in [9.17, 15) is 9.59 Å². The fourth-order valence-electron chi connectivity index (χ4n) is 3.39. The van der Waals surface area contributed by atoms with Crippen molar-refractivity contribution in [2.45, 2.75) is 39.5 Å². The molecule has 154 valence electrons. The first-order valence-corrected chi connectivity index (χ1v) is 10.3. The quantitative estimate of drug-likeness (QED) is 0.500. The molecule has 4 nitrogen and oxygen atoms in total. The van der Waals surface area contributed by atoms with Crippen molar-refractivity contribution in [3.05, 3.63) is 95.1 Å². The SMILES string of the molecule is CC(C)c1ccccc1NC(=O)c1ccc(C(=O)Nc2ccccc2C(C)C)cc1. The van der Waals surface area contributed by atoms with Crippen LogP contribution in [0.25, 0.3) is 0 Å². The molecule has 0 fully saturated rings. The lowest BCUT2D eigenvalue weighted by atomic mass is 10.0. The van der Waals surface area contributed by atoms with Gasteiger partial charge in [-0.15, -0.1) is 0 Å². The smallest absolute Gasteiger partial charge is 0.255 e. The minimum atomic E-state index is -0.194. The topological polar surface area (TPSA) is 58.2 Å². The summed E-state index contributed by atoms with van der Waals surface area (Å²) in [6.45, 7) is 8.37. The molecule has 0 saturated heterocycles. The highest BCUT2D eigenvalue weighted by atomic mass is 16.2. The highest BCUT2D eigenvalue weighted by Gasteiger charge is 2.14. The summed E-state index contributed by atoms with van der Waals surface area (Å²) in [5, 5.41) is 5.95. The number of benzene rings is 3. The molecule has 4 heteroatoms. The number of para-hydroxylation sites is 2. The van der Waals surface area contributed by atoms with Crippen molar-refractivity contribution in [3.8, 4) is 0 Å². The number of carbonyl (C=O) groups is 2. The van der Waals surface area contributed by atoms with Gasteiger partial charge >= 0.3 is 0 Å². The molecule has 0 aromatic heterocycles. The standard InChI is InChI=1S/C26H28N2O2/c1-17(2)21-9-5-7-11-23(21)27-25(29)19-13-15-20(16-14-19)26(30)28-24-12-8-6-10-22(24)18(3)4/h5-18H,1-4H3,(H,27,29)(H,28,30). The lowest BCUT2D eigenvalue weighted by Crippen LogP contribution is -2.16. The normalized spacial score (nSPS) is 10.9. The summed E-state index contributed by atoms with van der Waals surface area (Å²) in [6, 6.07) is 22.3. The molecule has 0 radical (unpaired) electrons. The fourth-order valence-corrected chi connectivity index (χ4v) is 3.39. The van der Waals surface area contributed by atoms with Crippen molar-refractivity contribution in [1.82, 2.24) is 0 Å².